The zero-order valence-corrected chi connectivity index (χ0v) is 14.4. The predicted octanol–water partition coefficient (Wildman–Crippen LogP) is 3.75. The van der Waals surface area contributed by atoms with Gasteiger partial charge >= 0.3 is 0 Å². The standard InChI is InChI=1S/C18H20FNO3S/c1-13(2)14-4-3-5-16(12-14)20-18(21)10-11-24(22,23)17-8-6-15(19)7-9-17/h3-9,12-13H,10-11H2,1-2H3,(H,20,21). The molecule has 2 rings (SSSR count). The van der Waals surface area contributed by atoms with E-state index in [4.69, 9.17) is 0 Å². The number of hydrogen-bond donors (Lipinski definition) is 1. The van der Waals surface area contributed by atoms with Gasteiger partial charge in [0.1, 0.15) is 5.82 Å². The highest BCUT2D eigenvalue weighted by atomic mass is 32.2. The molecule has 0 unspecified atom stereocenters. The van der Waals surface area contributed by atoms with Crippen LogP contribution in [0.5, 0.6) is 0 Å². The lowest BCUT2D eigenvalue weighted by atomic mass is 10.0. The first-order chi connectivity index (χ1) is 11.3. The molecule has 4 nitrogen and oxygen atoms in total. The third-order valence-electron chi connectivity index (χ3n) is 3.61. The number of sulfone groups is 1. The van der Waals surface area contributed by atoms with Gasteiger partial charge in [0.25, 0.3) is 0 Å². The molecule has 1 N–H and O–H groups in total. The third-order valence-corrected chi connectivity index (χ3v) is 5.34. The predicted molar refractivity (Wildman–Crippen MR) is 92.2 cm³/mol. The maximum atomic E-state index is 12.9. The Labute approximate surface area is 141 Å². The molecule has 0 aliphatic heterocycles. The summed E-state index contributed by atoms with van der Waals surface area (Å²) >= 11 is 0. The van der Waals surface area contributed by atoms with E-state index in [2.05, 4.69) is 19.2 Å². The van der Waals surface area contributed by atoms with Gasteiger partial charge in [-0.25, -0.2) is 12.8 Å². The summed E-state index contributed by atoms with van der Waals surface area (Å²) in [4.78, 5) is 12.0. The van der Waals surface area contributed by atoms with Crippen LogP contribution >= 0.6 is 0 Å². The molecule has 24 heavy (non-hydrogen) atoms. The molecule has 0 aliphatic rings. The van der Waals surface area contributed by atoms with Crippen LogP contribution in [0, 0.1) is 5.82 Å². The van der Waals surface area contributed by atoms with Crippen LogP contribution in [0.15, 0.2) is 53.4 Å². The molecule has 0 fully saturated rings. The van der Waals surface area contributed by atoms with Crippen molar-refractivity contribution in [1.29, 1.82) is 0 Å². The van der Waals surface area contributed by atoms with E-state index in [9.17, 15) is 17.6 Å². The molecule has 2 aromatic carbocycles. The number of hydrogen-bond acceptors (Lipinski definition) is 3. The summed E-state index contributed by atoms with van der Waals surface area (Å²) in [6.45, 7) is 4.10. The third kappa shape index (κ3) is 4.89. The molecule has 6 heteroatoms. The Bertz CT molecular complexity index is 814. The number of nitrogens with one attached hydrogen (secondary N) is 1. The Hall–Kier alpha value is -2.21. The van der Waals surface area contributed by atoms with E-state index in [0.717, 1.165) is 17.7 Å². The van der Waals surface area contributed by atoms with Crippen LogP contribution in [0.4, 0.5) is 10.1 Å². The molecular weight excluding hydrogens is 329 g/mol. The summed E-state index contributed by atoms with van der Waals surface area (Å²) in [7, 11) is -3.61. The molecule has 0 aromatic heterocycles. The van der Waals surface area contributed by atoms with Gasteiger partial charge in [0.2, 0.25) is 5.91 Å². The van der Waals surface area contributed by atoms with Gasteiger partial charge in [-0.15, -0.1) is 0 Å². The van der Waals surface area contributed by atoms with E-state index >= 15 is 0 Å². The highest BCUT2D eigenvalue weighted by molar-refractivity contribution is 7.91. The highest BCUT2D eigenvalue weighted by Crippen LogP contribution is 2.19. The van der Waals surface area contributed by atoms with Gasteiger partial charge in [0.05, 0.1) is 10.6 Å². The SMILES string of the molecule is CC(C)c1cccc(NC(=O)CCS(=O)(=O)c2ccc(F)cc2)c1. The van der Waals surface area contributed by atoms with Gasteiger partial charge in [0, 0.05) is 12.1 Å². The Balaban J connectivity index is 1.98. The van der Waals surface area contributed by atoms with E-state index in [1.165, 1.54) is 12.1 Å². The van der Waals surface area contributed by atoms with Crippen LogP contribution in [0.3, 0.4) is 0 Å². The smallest absolute Gasteiger partial charge is 0.225 e. The van der Waals surface area contributed by atoms with Gasteiger partial charge in [-0.3, -0.25) is 4.79 Å². The topological polar surface area (TPSA) is 63.2 Å². The van der Waals surface area contributed by atoms with Crippen molar-refractivity contribution in [1.82, 2.24) is 0 Å². The molecule has 0 aliphatic carbocycles. The van der Waals surface area contributed by atoms with Gasteiger partial charge in [-0.1, -0.05) is 26.0 Å². The second kappa shape index (κ2) is 7.57. The summed E-state index contributed by atoms with van der Waals surface area (Å²) in [6, 6.07) is 12.0. The van der Waals surface area contributed by atoms with E-state index in [1.54, 1.807) is 6.07 Å². The Kier molecular flexibility index (Phi) is 5.72. The zero-order valence-electron chi connectivity index (χ0n) is 13.6. The largest absolute Gasteiger partial charge is 0.326 e. The summed E-state index contributed by atoms with van der Waals surface area (Å²) in [6.07, 6.45) is -0.161. The molecule has 0 saturated heterocycles. The maximum absolute atomic E-state index is 12.9. The summed E-state index contributed by atoms with van der Waals surface area (Å²) in [5.41, 5.74) is 1.73. The Morgan fingerprint density at radius 2 is 1.79 bits per heavy atom. The molecule has 0 radical (unpaired) electrons. The second-order valence-corrected chi connectivity index (χ2v) is 7.96. The van der Waals surface area contributed by atoms with Gasteiger partial charge < -0.3 is 5.32 Å². The zero-order chi connectivity index (χ0) is 17.7. The fourth-order valence-electron chi connectivity index (χ4n) is 2.19. The number of amides is 1. The number of rotatable bonds is 6. The van der Waals surface area contributed by atoms with Gasteiger partial charge in [-0.2, -0.15) is 0 Å². The first-order valence-electron chi connectivity index (χ1n) is 7.66. The fourth-order valence-corrected chi connectivity index (χ4v) is 3.43. The summed E-state index contributed by atoms with van der Waals surface area (Å²) < 4.78 is 37.1. The number of anilines is 1. The minimum atomic E-state index is -3.61. The van der Waals surface area contributed by atoms with Gasteiger partial charge in [0.15, 0.2) is 9.84 Å². The van der Waals surface area contributed by atoms with Crippen molar-refractivity contribution in [3.8, 4) is 0 Å². The lowest BCUT2D eigenvalue weighted by Crippen LogP contribution is -2.17. The molecule has 0 heterocycles. The first-order valence-corrected chi connectivity index (χ1v) is 9.31. The molecule has 0 spiro atoms. The number of carbonyl (C=O) groups is 1. The van der Waals surface area contributed by atoms with Crippen LogP contribution in [-0.2, 0) is 14.6 Å². The van der Waals surface area contributed by atoms with Crippen molar-refractivity contribution in [2.75, 3.05) is 11.1 Å². The van der Waals surface area contributed by atoms with Gasteiger partial charge in [-0.05, 0) is 47.9 Å². The lowest BCUT2D eigenvalue weighted by Gasteiger charge is -2.10. The van der Waals surface area contributed by atoms with Crippen LogP contribution in [0.2, 0.25) is 0 Å². The normalized spacial score (nSPS) is 11.5. The minimum absolute atomic E-state index is 0.0125. The Morgan fingerprint density at radius 1 is 1.12 bits per heavy atom. The monoisotopic (exact) mass is 349 g/mol. The average molecular weight is 349 g/mol. The number of carbonyl (C=O) groups excluding carboxylic acids is 1. The molecule has 1 amide bonds. The van der Waals surface area contributed by atoms with E-state index < -0.39 is 15.7 Å². The van der Waals surface area contributed by atoms with Crippen molar-refractivity contribution in [3.05, 3.63) is 59.9 Å². The average Bonchev–Trinajstić information content (AvgIpc) is 2.54. The Morgan fingerprint density at radius 3 is 2.42 bits per heavy atom. The molecule has 2 aromatic rings. The summed E-state index contributed by atoms with van der Waals surface area (Å²) in [5, 5.41) is 2.71. The highest BCUT2D eigenvalue weighted by Gasteiger charge is 2.16. The van der Waals surface area contributed by atoms with Crippen molar-refractivity contribution in [3.63, 3.8) is 0 Å². The maximum Gasteiger partial charge on any atom is 0.225 e. The van der Waals surface area contributed by atoms with Crippen molar-refractivity contribution >= 4 is 21.4 Å². The van der Waals surface area contributed by atoms with Crippen LogP contribution in [-0.4, -0.2) is 20.1 Å². The molecule has 128 valence electrons. The minimum Gasteiger partial charge on any atom is -0.326 e. The molecule has 0 atom stereocenters. The lowest BCUT2D eigenvalue weighted by molar-refractivity contribution is -0.115. The van der Waals surface area contributed by atoms with Crippen LogP contribution in [0.25, 0.3) is 0 Å². The van der Waals surface area contributed by atoms with E-state index in [-0.39, 0.29) is 23.0 Å². The van der Waals surface area contributed by atoms with Crippen molar-refractivity contribution in [2.45, 2.75) is 31.1 Å². The molecule has 0 saturated carbocycles. The molecule has 0 bridgehead atoms. The summed E-state index contributed by atoms with van der Waals surface area (Å²) in [5.74, 6) is -0.868. The first kappa shape index (κ1) is 18.1. The van der Waals surface area contributed by atoms with E-state index in [1.807, 2.05) is 18.2 Å². The second-order valence-electron chi connectivity index (χ2n) is 5.85. The van der Waals surface area contributed by atoms with Crippen LogP contribution in [0.1, 0.15) is 31.7 Å². The number of halogens is 1. The van der Waals surface area contributed by atoms with Crippen molar-refractivity contribution in [2.24, 2.45) is 0 Å². The van der Waals surface area contributed by atoms with E-state index in [0.29, 0.717) is 11.6 Å². The molecular formula is C18H20FNO3S. The quantitative estimate of drug-likeness (QED) is 0.808. The van der Waals surface area contributed by atoms with Crippen molar-refractivity contribution < 1.29 is 17.6 Å². The number of benzene rings is 2. The fraction of sp³-hybridized carbons (Fsp3) is 0.278. The van der Waals surface area contributed by atoms with Crippen LogP contribution < -0.4 is 5.32 Å².